The first-order chi connectivity index (χ1) is 8.56. The van der Waals surface area contributed by atoms with Crippen molar-refractivity contribution in [1.82, 2.24) is 0 Å². The molecule has 0 amide bonds. The fraction of sp³-hybridized carbons (Fsp3) is 0.333. The van der Waals surface area contributed by atoms with Crippen molar-refractivity contribution in [3.05, 3.63) is 70.3 Å². The van der Waals surface area contributed by atoms with Gasteiger partial charge in [-0.05, 0) is 48.4 Å². The van der Waals surface area contributed by atoms with Gasteiger partial charge in [-0.25, -0.2) is 0 Å². The predicted molar refractivity (Wildman–Crippen MR) is 79.3 cm³/mol. The molecule has 94 valence electrons. The van der Waals surface area contributed by atoms with Gasteiger partial charge in [0.25, 0.3) is 0 Å². The molecule has 0 aromatic heterocycles. The van der Waals surface area contributed by atoms with Gasteiger partial charge in [0.05, 0.1) is 0 Å². The van der Waals surface area contributed by atoms with Crippen molar-refractivity contribution in [2.24, 2.45) is 0 Å². The van der Waals surface area contributed by atoms with Crippen molar-refractivity contribution in [2.75, 3.05) is 0 Å². The molecule has 0 saturated carbocycles. The quantitative estimate of drug-likeness (QED) is 0.704. The molecule has 0 radical (unpaired) electrons. The van der Waals surface area contributed by atoms with E-state index in [1.807, 2.05) is 0 Å². The zero-order valence-corrected chi connectivity index (χ0v) is 11.8. The van der Waals surface area contributed by atoms with Crippen molar-refractivity contribution in [2.45, 2.75) is 40.0 Å². The van der Waals surface area contributed by atoms with E-state index in [1.165, 1.54) is 27.8 Å². The molecule has 0 N–H and O–H groups in total. The molecular weight excluding hydrogens is 216 g/mol. The van der Waals surface area contributed by atoms with E-state index in [-0.39, 0.29) is 0 Å². The lowest BCUT2D eigenvalue weighted by Crippen LogP contribution is -1.95. The number of benzene rings is 2. The molecule has 0 heterocycles. The number of hydrogen-bond donors (Lipinski definition) is 0. The molecule has 18 heavy (non-hydrogen) atoms. The number of hydrogen-bond acceptors (Lipinski definition) is 0. The molecule has 0 spiro atoms. The first-order valence-electron chi connectivity index (χ1n) is 6.71. The number of rotatable bonds is 3. The summed E-state index contributed by atoms with van der Waals surface area (Å²) in [5, 5.41) is 0. The maximum absolute atomic E-state index is 2.34. The minimum atomic E-state index is 0.601. The molecular formula is C18H22. The topological polar surface area (TPSA) is 0 Å². The Labute approximate surface area is 111 Å². The van der Waals surface area contributed by atoms with Crippen LogP contribution in [0.2, 0.25) is 0 Å². The van der Waals surface area contributed by atoms with Gasteiger partial charge >= 0.3 is 0 Å². The standard InChI is InChI=1S/C18H22/c1-13(2)17-7-5-6-16(11-17)12-18-9-8-14(3)10-15(18)4/h5-11,13H,12H2,1-4H3. The third kappa shape index (κ3) is 3.01. The van der Waals surface area contributed by atoms with Crippen molar-refractivity contribution >= 4 is 0 Å². The van der Waals surface area contributed by atoms with E-state index in [2.05, 4.69) is 70.2 Å². The lowest BCUT2D eigenvalue weighted by Gasteiger charge is -2.10. The minimum absolute atomic E-state index is 0.601. The van der Waals surface area contributed by atoms with Crippen LogP contribution in [0.1, 0.15) is 47.6 Å². The summed E-state index contributed by atoms with van der Waals surface area (Å²) in [5.74, 6) is 0.601. The second-order valence-corrected chi connectivity index (χ2v) is 5.51. The Morgan fingerprint density at radius 2 is 1.72 bits per heavy atom. The molecule has 0 aliphatic heterocycles. The van der Waals surface area contributed by atoms with Gasteiger partial charge in [-0.15, -0.1) is 0 Å². The van der Waals surface area contributed by atoms with Crippen LogP contribution in [-0.2, 0) is 6.42 Å². The van der Waals surface area contributed by atoms with Crippen LogP contribution in [0.15, 0.2) is 42.5 Å². The van der Waals surface area contributed by atoms with Gasteiger partial charge < -0.3 is 0 Å². The number of aryl methyl sites for hydroxylation is 2. The van der Waals surface area contributed by atoms with Gasteiger partial charge in [-0.2, -0.15) is 0 Å². The lowest BCUT2D eigenvalue weighted by atomic mass is 9.95. The molecule has 0 bridgehead atoms. The van der Waals surface area contributed by atoms with E-state index in [1.54, 1.807) is 0 Å². The van der Waals surface area contributed by atoms with Crippen LogP contribution in [-0.4, -0.2) is 0 Å². The second-order valence-electron chi connectivity index (χ2n) is 5.51. The summed E-state index contributed by atoms with van der Waals surface area (Å²) in [6.07, 6.45) is 1.03. The zero-order valence-electron chi connectivity index (χ0n) is 11.8. The Morgan fingerprint density at radius 3 is 2.39 bits per heavy atom. The third-order valence-corrected chi connectivity index (χ3v) is 3.51. The Hall–Kier alpha value is -1.56. The first-order valence-corrected chi connectivity index (χ1v) is 6.71. The maximum atomic E-state index is 2.34. The van der Waals surface area contributed by atoms with Crippen LogP contribution < -0.4 is 0 Å². The fourth-order valence-electron chi connectivity index (χ4n) is 2.33. The summed E-state index contributed by atoms with van der Waals surface area (Å²) >= 11 is 0. The monoisotopic (exact) mass is 238 g/mol. The van der Waals surface area contributed by atoms with Crippen molar-refractivity contribution in [1.29, 1.82) is 0 Å². The molecule has 0 heteroatoms. The van der Waals surface area contributed by atoms with E-state index < -0.39 is 0 Å². The summed E-state index contributed by atoms with van der Waals surface area (Å²) in [4.78, 5) is 0. The average molecular weight is 238 g/mol. The van der Waals surface area contributed by atoms with Gasteiger partial charge in [0.15, 0.2) is 0 Å². The van der Waals surface area contributed by atoms with E-state index >= 15 is 0 Å². The highest BCUT2D eigenvalue weighted by molar-refractivity contribution is 5.36. The SMILES string of the molecule is Cc1ccc(Cc2cccc(C(C)C)c2)c(C)c1. The molecule has 0 nitrogen and oxygen atoms in total. The largest absolute Gasteiger partial charge is 0.0617 e. The van der Waals surface area contributed by atoms with Gasteiger partial charge in [0, 0.05) is 0 Å². The van der Waals surface area contributed by atoms with Gasteiger partial charge in [0.1, 0.15) is 0 Å². The second kappa shape index (κ2) is 5.39. The third-order valence-electron chi connectivity index (χ3n) is 3.51. The van der Waals surface area contributed by atoms with Crippen molar-refractivity contribution in [3.8, 4) is 0 Å². The highest BCUT2D eigenvalue weighted by atomic mass is 14.1. The Balaban J connectivity index is 2.25. The Bertz CT molecular complexity index is 535. The molecule has 2 rings (SSSR count). The maximum Gasteiger partial charge on any atom is -0.00230 e. The summed E-state index contributed by atoms with van der Waals surface area (Å²) in [6.45, 7) is 8.84. The van der Waals surface area contributed by atoms with Crippen molar-refractivity contribution < 1.29 is 0 Å². The summed E-state index contributed by atoms with van der Waals surface area (Å²) < 4.78 is 0. The highest BCUT2D eigenvalue weighted by Crippen LogP contribution is 2.19. The van der Waals surface area contributed by atoms with E-state index in [0.29, 0.717) is 5.92 Å². The molecule has 0 atom stereocenters. The molecule has 2 aromatic carbocycles. The van der Waals surface area contributed by atoms with Crippen molar-refractivity contribution in [3.63, 3.8) is 0 Å². The summed E-state index contributed by atoms with van der Waals surface area (Å²) in [6, 6.07) is 15.7. The van der Waals surface area contributed by atoms with E-state index in [0.717, 1.165) is 6.42 Å². The van der Waals surface area contributed by atoms with Crippen LogP contribution in [0.3, 0.4) is 0 Å². The average Bonchev–Trinajstić information content (AvgIpc) is 2.33. The molecule has 0 aliphatic carbocycles. The van der Waals surface area contributed by atoms with Gasteiger partial charge in [0.2, 0.25) is 0 Å². The Kier molecular flexibility index (Phi) is 3.86. The summed E-state index contributed by atoms with van der Waals surface area (Å²) in [7, 11) is 0. The predicted octanol–water partition coefficient (Wildman–Crippen LogP) is 5.02. The molecule has 2 aromatic rings. The van der Waals surface area contributed by atoms with Crippen LogP contribution in [0, 0.1) is 13.8 Å². The van der Waals surface area contributed by atoms with Crippen LogP contribution in [0.5, 0.6) is 0 Å². The van der Waals surface area contributed by atoms with Gasteiger partial charge in [-0.1, -0.05) is 61.9 Å². The summed E-state index contributed by atoms with van der Waals surface area (Å²) in [5.41, 5.74) is 7.00. The van der Waals surface area contributed by atoms with E-state index in [4.69, 9.17) is 0 Å². The first kappa shape index (κ1) is 12.9. The molecule has 0 aliphatic rings. The fourth-order valence-corrected chi connectivity index (χ4v) is 2.33. The Morgan fingerprint density at radius 1 is 0.944 bits per heavy atom. The highest BCUT2D eigenvalue weighted by Gasteiger charge is 2.03. The lowest BCUT2D eigenvalue weighted by molar-refractivity contribution is 0.863. The molecule has 0 unspecified atom stereocenters. The van der Waals surface area contributed by atoms with Crippen LogP contribution in [0.25, 0.3) is 0 Å². The van der Waals surface area contributed by atoms with Crippen LogP contribution >= 0.6 is 0 Å². The van der Waals surface area contributed by atoms with Crippen LogP contribution in [0.4, 0.5) is 0 Å². The van der Waals surface area contributed by atoms with Gasteiger partial charge in [-0.3, -0.25) is 0 Å². The normalized spacial score (nSPS) is 10.9. The molecule has 0 fully saturated rings. The molecule has 0 saturated heterocycles. The minimum Gasteiger partial charge on any atom is -0.0617 e. The smallest absolute Gasteiger partial charge is 0.00230 e. The zero-order chi connectivity index (χ0) is 13.1. The van der Waals surface area contributed by atoms with E-state index in [9.17, 15) is 0 Å².